The van der Waals surface area contributed by atoms with Crippen LogP contribution in [0.5, 0.6) is 5.75 Å². The van der Waals surface area contributed by atoms with Crippen LogP contribution < -0.4 is 4.74 Å². The first-order chi connectivity index (χ1) is 8.19. The van der Waals surface area contributed by atoms with E-state index in [-0.39, 0.29) is 11.4 Å². The normalized spacial score (nSPS) is 26.4. The van der Waals surface area contributed by atoms with E-state index in [4.69, 9.17) is 4.74 Å². The maximum atomic E-state index is 13.1. The Kier molecular flexibility index (Phi) is 2.79. The van der Waals surface area contributed by atoms with E-state index in [0.29, 0.717) is 17.7 Å². The Morgan fingerprint density at radius 2 is 2.12 bits per heavy atom. The van der Waals surface area contributed by atoms with Gasteiger partial charge in [-0.15, -0.1) is 0 Å². The molecule has 1 aromatic carbocycles. The van der Waals surface area contributed by atoms with Crippen molar-refractivity contribution in [2.75, 3.05) is 11.5 Å². The minimum absolute atomic E-state index is 0.227. The second-order valence-corrected chi connectivity index (χ2v) is 6.02. The molecule has 2 nitrogen and oxygen atoms in total. The summed E-state index contributed by atoms with van der Waals surface area (Å²) in [5, 5.41) is 10.1. The Morgan fingerprint density at radius 3 is 2.88 bits per heavy atom. The zero-order valence-corrected chi connectivity index (χ0v) is 10.3. The Labute approximate surface area is 104 Å². The maximum Gasteiger partial charge on any atom is 0.126 e. The van der Waals surface area contributed by atoms with Crippen molar-refractivity contribution in [1.29, 1.82) is 0 Å². The summed E-state index contributed by atoms with van der Waals surface area (Å²) in [7, 11) is 0. The minimum atomic E-state index is -0.599. The molecule has 1 atom stereocenters. The van der Waals surface area contributed by atoms with Crippen molar-refractivity contribution < 1.29 is 14.2 Å². The highest BCUT2D eigenvalue weighted by molar-refractivity contribution is 7.99. The third-order valence-electron chi connectivity index (χ3n) is 3.63. The van der Waals surface area contributed by atoms with E-state index < -0.39 is 6.10 Å². The van der Waals surface area contributed by atoms with Crippen LogP contribution in [0.2, 0.25) is 0 Å². The van der Waals surface area contributed by atoms with Crippen LogP contribution in [0.1, 0.15) is 30.9 Å². The average Bonchev–Trinajstić information content (AvgIpc) is 2.31. The Morgan fingerprint density at radius 1 is 1.35 bits per heavy atom. The van der Waals surface area contributed by atoms with Crippen LogP contribution in [0.3, 0.4) is 0 Å². The number of fused-ring (bicyclic) bond motifs is 1. The highest BCUT2D eigenvalue weighted by atomic mass is 32.2. The first-order valence-corrected chi connectivity index (χ1v) is 7.08. The summed E-state index contributed by atoms with van der Waals surface area (Å²) in [4.78, 5) is 0. The fourth-order valence-electron chi connectivity index (χ4n) is 2.66. The fourth-order valence-corrected chi connectivity index (χ4v) is 3.90. The van der Waals surface area contributed by atoms with Gasteiger partial charge in [0.1, 0.15) is 17.2 Å². The van der Waals surface area contributed by atoms with Gasteiger partial charge in [0.2, 0.25) is 0 Å². The van der Waals surface area contributed by atoms with Crippen molar-refractivity contribution in [2.45, 2.75) is 31.0 Å². The van der Waals surface area contributed by atoms with E-state index in [1.807, 2.05) is 11.8 Å². The molecule has 0 unspecified atom stereocenters. The van der Waals surface area contributed by atoms with Crippen molar-refractivity contribution in [1.82, 2.24) is 0 Å². The number of rotatable bonds is 0. The molecule has 92 valence electrons. The first kappa shape index (κ1) is 11.4. The van der Waals surface area contributed by atoms with Gasteiger partial charge in [0, 0.05) is 12.0 Å². The van der Waals surface area contributed by atoms with Gasteiger partial charge in [-0.25, -0.2) is 4.39 Å². The van der Waals surface area contributed by atoms with Crippen LogP contribution in [-0.2, 0) is 0 Å². The summed E-state index contributed by atoms with van der Waals surface area (Å²) in [6, 6.07) is 4.41. The van der Waals surface area contributed by atoms with Gasteiger partial charge in [0.25, 0.3) is 0 Å². The number of hydrogen-bond donors (Lipinski definition) is 1. The SMILES string of the molecule is O[C@H]1CC2(CCSCC2)Oc2ccc(F)cc21. The zero-order chi connectivity index (χ0) is 11.9. The van der Waals surface area contributed by atoms with E-state index in [1.165, 1.54) is 12.1 Å². The summed E-state index contributed by atoms with van der Waals surface area (Å²) >= 11 is 1.93. The fraction of sp³-hybridized carbons (Fsp3) is 0.538. The number of aliphatic hydroxyl groups is 1. The number of thioether (sulfide) groups is 1. The van der Waals surface area contributed by atoms with Gasteiger partial charge in [-0.05, 0) is 42.5 Å². The van der Waals surface area contributed by atoms with Gasteiger partial charge in [0.15, 0.2) is 0 Å². The lowest BCUT2D eigenvalue weighted by Gasteiger charge is -2.43. The average molecular weight is 254 g/mol. The molecule has 2 heterocycles. The molecule has 0 saturated carbocycles. The predicted molar refractivity (Wildman–Crippen MR) is 65.9 cm³/mol. The van der Waals surface area contributed by atoms with Crippen molar-refractivity contribution in [3.63, 3.8) is 0 Å². The van der Waals surface area contributed by atoms with Crippen LogP contribution in [0.4, 0.5) is 4.39 Å². The second-order valence-electron chi connectivity index (χ2n) is 4.80. The number of ether oxygens (including phenoxy) is 1. The lowest BCUT2D eigenvalue weighted by molar-refractivity contribution is -0.0199. The molecule has 0 bridgehead atoms. The zero-order valence-electron chi connectivity index (χ0n) is 9.49. The first-order valence-electron chi connectivity index (χ1n) is 5.93. The molecule has 2 aliphatic rings. The number of aliphatic hydroxyl groups excluding tert-OH is 1. The molecule has 0 aromatic heterocycles. The van der Waals surface area contributed by atoms with E-state index in [0.717, 1.165) is 24.3 Å². The maximum absolute atomic E-state index is 13.1. The molecule has 1 saturated heterocycles. The van der Waals surface area contributed by atoms with E-state index in [9.17, 15) is 9.50 Å². The number of benzene rings is 1. The molecule has 0 radical (unpaired) electrons. The van der Waals surface area contributed by atoms with Crippen molar-refractivity contribution >= 4 is 11.8 Å². The molecular weight excluding hydrogens is 239 g/mol. The monoisotopic (exact) mass is 254 g/mol. The smallest absolute Gasteiger partial charge is 0.126 e. The molecule has 4 heteroatoms. The second kappa shape index (κ2) is 4.18. The van der Waals surface area contributed by atoms with Gasteiger partial charge in [-0.3, -0.25) is 0 Å². The van der Waals surface area contributed by atoms with Gasteiger partial charge in [0.05, 0.1) is 6.10 Å². The van der Waals surface area contributed by atoms with Gasteiger partial charge in [-0.1, -0.05) is 0 Å². The Hall–Kier alpha value is -0.740. The van der Waals surface area contributed by atoms with Crippen LogP contribution in [-0.4, -0.2) is 22.2 Å². The van der Waals surface area contributed by atoms with Crippen LogP contribution in [0.25, 0.3) is 0 Å². The van der Waals surface area contributed by atoms with Crippen molar-refractivity contribution in [2.24, 2.45) is 0 Å². The molecule has 17 heavy (non-hydrogen) atoms. The predicted octanol–water partition coefficient (Wildman–Crippen LogP) is 2.91. The molecule has 1 spiro atoms. The third-order valence-corrected chi connectivity index (χ3v) is 4.61. The van der Waals surface area contributed by atoms with Gasteiger partial charge in [-0.2, -0.15) is 11.8 Å². The van der Waals surface area contributed by atoms with E-state index >= 15 is 0 Å². The molecule has 1 fully saturated rings. The Balaban J connectivity index is 1.94. The molecular formula is C13H15FO2S. The molecule has 0 amide bonds. The quantitative estimate of drug-likeness (QED) is 0.772. The van der Waals surface area contributed by atoms with Crippen LogP contribution in [0, 0.1) is 5.82 Å². The summed E-state index contributed by atoms with van der Waals surface area (Å²) in [6.07, 6.45) is 1.92. The van der Waals surface area contributed by atoms with Crippen LogP contribution >= 0.6 is 11.8 Å². The molecule has 3 rings (SSSR count). The summed E-state index contributed by atoms with van der Waals surface area (Å²) in [5.74, 6) is 2.48. The summed E-state index contributed by atoms with van der Waals surface area (Å²) < 4.78 is 19.2. The van der Waals surface area contributed by atoms with Crippen LogP contribution in [0.15, 0.2) is 18.2 Å². The molecule has 0 aliphatic carbocycles. The third kappa shape index (κ3) is 2.04. The van der Waals surface area contributed by atoms with Gasteiger partial charge >= 0.3 is 0 Å². The topological polar surface area (TPSA) is 29.5 Å². The molecule has 1 N–H and O–H groups in total. The molecule has 1 aromatic rings. The van der Waals surface area contributed by atoms with E-state index in [1.54, 1.807) is 6.07 Å². The molecule has 2 aliphatic heterocycles. The lowest BCUT2D eigenvalue weighted by Crippen LogP contribution is -2.44. The Bertz CT molecular complexity index is 429. The summed E-state index contributed by atoms with van der Waals surface area (Å²) in [5.41, 5.74) is 0.365. The highest BCUT2D eigenvalue weighted by Crippen LogP contribution is 2.45. The van der Waals surface area contributed by atoms with Gasteiger partial charge < -0.3 is 9.84 Å². The largest absolute Gasteiger partial charge is 0.487 e. The minimum Gasteiger partial charge on any atom is -0.487 e. The standard InChI is InChI=1S/C13H15FO2S/c14-9-1-2-12-10(7-9)11(15)8-13(16-12)3-5-17-6-4-13/h1-2,7,11,15H,3-6,8H2/t11-/m0/s1. The summed E-state index contributed by atoms with van der Waals surface area (Å²) in [6.45, 7) is 0. The highest BCUT2D eigenvalue weighted by Gasteiger charge is 2.41. The number of halogens is 1. The lowest BCUT2D eigenvalue weighted by atomic mass is 9.84. The number of hydrogen-bond acceptors (Lipinski definition) is 3. The van der Waals surface area contributed by atoms with Crippen molar-refractivity contribution in [3.8, 4) is 5.75 Å². The van der Waals surface area contributed by atoms with Crippen molar-refractivity contribution in [3.05, 3.63) is 29.6 Å². The van der Waals surface area contributed by atoms with E-state index in [2.05, 4.69) is 0 Å².